The Labute approximate surface area is 381 Å². The van der Waals surface area contributed by atoms with E-state index in [0.29, 0.717) is 51.4 Å². The molecular formula is C51H77NO12. The Hall–Kier alpha value is -3.17. The molecule has 1 unspecified atom stereocenters. The minimum atomic E-state index is -1.42. The molecule has 0 saturated carbocycles. The van der Waals surface area contributed by atoms with Crippen LogP contribution in [-0.4, -0.2) is 101 Å². The Morgan fingerprint density at radius 2 is 1.64 bits per heavy atom. The summed E-state index contributed by atoms with van der Waals surface area (Å²) in [7, 11) is 0. The number of benzene rings is 1. The van der Waals surface area contributed by atoms with Gasteiger partial charge in [-0.1, -0.05) is 91.5 Å². The van der Waals surface area contributed by atoms with Gasteiger partial charge in [-0.3, -0.25) is 9.59 Å². The molecule has 5 heterocycles. The first-order valence-electron chi connectivity index (χ1n) is 24.3. The molecule has 17 atom stereocenters. The normalized spacial score (nSPS) is 37.6. The molecule has 0 radical (unpaired) electrons. The molecule has 0 aliphatic carbocycles. The van der Waals surface area contributed by atoms with E-state index in [2.05, 4.69) is 25.7 Å². The standard InChI is InChI=1S/C51H77NO12/c1-10-28-58-47(55)37(11-2)40-21-17-20-39(60-40)33(7)44(53)34(8)45(54)38(12-3)46-31(5)29-32(6)50(63-46)27-24-43(61-48(56)52-30-36-18-15-14-16-19-36)51(64-50)26-23-42(62-51)41-22-25-49(57,13-4)35(9)59-41/h10,14-16,18-19,24,27,31-35,37-44,46,53,57H,1,11-13,17,20-23,25-26,28-30H2,2-9H3,(H,52,56)/t31-,32+,33+,34-,35-,37+,38-,39+,40+,41+,42?,43+,44-,46-,49+,50-,51-/m0/s1. The summed E-state index contributed by atoms with van der Waals surface area (Å²) in [4.78, 5) is 41.0. The monoisotopic (exact) mass is 896 g/mol. The SMILES string of the molecule is C=CCOC(=O)[C@H](CC)[C@H]1CCC[C@H]([C@@H](C)[C@H](O)[C@H](C)C(=O)[C@H](CC)[C@H]2O[C@]3(C=C[C@@H](OC(=O)NCc4ccccc4)[C@]4(CCC([C@H]5CC[C@](O)(CC)[C@H](C)O5)O4)O3)[C@H](C)C[C@@H]2C)O1. The average Bonchev–Trinajstić information content (AvgIpc) is 3.72. The first kappa shape index (κ1) is 50.2. The molecule has 13 heteroatoms. The minimum absolute atomic E-state index is 0.0251. The summed E-state index contributed by atoms with van der Waals surface area (Å²) < 4.78 is 45.7. The van der Waals surface area contributed by atoms with Crippen LogP contribution in [0.4, 0.5) is 4.79 Å². The van der Waals surface area contributed by atoms with Crippen molar-refractivity contribution in [2.45, 2.75) is 199 Å². The summed E-state index contributed by atoms with van der Waals surface area (Å²) >= 11 is 0. The predicted molar refractivity (Wildman–Crippen MR) is 241 cm³/mol. The molecule has 0 bridgehead atoms. The maximum Gasteiger partial charge on any atom is 0.408 e. The van der Waals surface area contributed by atoms with Crippen LogP contribution in [0.3, 0.4) is 0 Å². The molecule has 5 aliphatic heterocycles. The number of aliphatic hydroxyl groups excluding tert-OH is 1. The fourth-order valence-corrected chi connectivity index (χ4v) is 11.1. The van der Waals surface area contributed by atoms with Crippen molar-refractivity contribution in [3.8, 4) is 0 Å². The molecule has 64 heavy (non-hydrogen) atoms. The Bertz CT molecular complexity index is 1760. The number of hydrogen-bond donors (Lipinski definition) is 3. The van der Waals surface area contributed by atoms with Crippen LogP contribution in [-0.2, 0) is 49.3 Å². The molecule has 1 aromatic rings. The van der Waals surface area contributed by atoms with E-state index in [1.54, 1.807) is 13.0 Å². The van der Waals surface area contributed by atoms with Crippen molar-refractivity contribution in [3.05, 3.63) is 60.7 Å². The zero-order valence-corrected chi connectivity index (χ0v) is 39.6. The van der Waals surface area contributed by atoms with Crippen LogP contribution < -0.4 is 5.32 Å². The minimum Gasteiger partial charge on any atom is -0.461 e. The van der Waals surface area contributed by atoms with E-state index in [1.165, 1.54) is 0 Å². The molecule has 4 fully saturated rings. The second kappa shape index (κ2) is 21.6. The largest absolute Gasteiger partial charge is 0.461 e. The molecule has 358 valence electrons. The zero-order valence-electron chi connectivity index (χ0n) is 39.6. The highest BCUT2D eigenvalue weighted by atomic mass is 16.8. The van der Waals surface area contributed by atoms with Gasteiger partial charge < -0.3 is 48.7 Å². The van der Waals surface area contributed by atoms with E-state index >= 15 is 0 Å². The van der Waals surface area contributed by atoms with E-state index in [9.17, 15) is 24.6 Å². The lowest BCUT2D eigenvalue weighted by molar-refractivity contribution is -0.400. The van der Waals surface area contributed by atoms with Crippen LogP contribution in [0, 0.1) is 35.5 Å². The van der Waals surface area contributed by atoms with Crippen molar-refractivity contribution in [2.75, 3.05) is 6.61 Å². The third-order valence-corrected chi connectivity index (χ3v) is 15.4. The Morgan fingerprint density at radius 1 is 0.938 bits per heavy atom. The van der Waals surface area contributed by atoms with Crippen LogP contribution in [0.2, 0.25) is 0 Å². The number of nitrogens with one attached hydrogen (secondary N) is 1. The van der Waals surface area contributed by atoms with Crippen LogP contribution in [0.15, 0.2) is 55.1 Å². The number of amides is 1. The number of Topliss-reactive ketones (excluding diaryl/α,β-unsaturated/α-hetero) is 1. The van der Waals surface area contributed by atoms with Gasteiger partial charge in [-0.2, -0.15) is 0 Å². The van der Waals surface area contributed by atoms with Gasteiger partial charge in [0.2, 0.25) is 5.79 Å². The number of rotatable bonds is 17. The molecule has 1 aromatic carbocycles. The lowest BCUT2D eigenvalue weighted by atomic mass is 9.73. The van der Waals surface area contributed by atoms with Crippen molar-refractivity contribution < 1.29 is 57.8 Å². The number of ketones is 1. The zero-order chi connectivity index (χ0) is 46.4. The number of carbonyl (C=O) groups is 3. The molecule has 6 rings (SSSR count). The van der Waals surface area contributed by atoms with Gasteiger partial charge in [-0.05, 0) is 94.8 Å². The predicted octanol–water partition coefficient (Wildman–Crippen LogP) is 8.13. The fraction of sp³-hybridized carbons (Fsp3) is 0.745. The van der Waals surface area contributed by atoms with Crippen LogP contribution in [0.5, 0.6) is 0 Å². The maximum atomic E-state index is 14.7. The number of hydrogen-bond acceptors (Lipinski definition) is 12. The summed E-state index contributed by atoms with van der Waals surface area (Å²) in [5, 5.41) is 25.9. The maximum absolute atomic E-state index is 14.7. The lowest BCUT2D eigenvalue weighted by Gasteiger charge is -2.54. The molecule has 4 saturated heterocycles. The van der Waals surface area contributed by atoms with Gasteiger partial charge in [-0.25, -0.2) is 4.79 Å². The van der Waals surface area contributed by atoms with Crippen molar-refractivity contribution >= 4 is 17.8 Å². The number of carbonyl (C=O) groups excluding carboxylic acids is 3. The summed E-state index contributed by atoms with van der Waals surface area (Å²) in [5.41, 5.74) is 0.0180. The Kier molecular flexibility index (Phi) is 17.0. The summed E-state index contributed by atoms with van der Waals surface area (Å²) in [6.45, 7) is 19.7. The summed E-state index contributed by atoms with van der Waals surface area (Å²) in [6.07, 6.45) is 7.09. The molecule has 0 aromatic heterocycles. The first-order chi connectivity index (χ1) is 30.5. The van der Waals surface area contributed by atoms with Crippen molar-refractivity contribution in [3.63, 3.8) is 0 Å². The summed E-state index contributed by atoms with van der Waals surface area (Å²) in [5.74, 6) is -5.40. The number of esters is 1. The topological polar surface area (TPSA) is 168 Å². The lowest BCUT2D eigenvalue weighted by Crippen LogP contribution is -2.63. The number of ether oxygens (including phenoxy) is 7. The fourth-order valence-electron chi connectivity index (χ4n) is 11.1. The molecule has 3 N–H and O–H groups in total. The molecule has 1 amide bonds. The van der Waals surface area contributed by atoms with Crippen molar-refractivity contribution in [1.29, 1.82) is 0 Å². The van der Waals surface area contributed by atoms with E-state index < -0.39 is 65.4 Å². The smallest absolute Gasteiger partial charge is 0.408 e. The Balaban J connectivity index is 1.19. The average molecular weight is 896 g/mol. The van der Waals surface area contributed by atoms with Gasteiger partial charge in [0.15, 0.2) is 11.9 Å². The highest BCUT2D eigenvalue weighted by Crippen LogP contribution is 2.52. The van der Waals surface area contributed by atoms with Gasteiger partial charge in [0.05, 0.1) is 54.2 Å². The highest BCUT2D eigenvalue weighted by Gasteiger charge is 2.61. The molecule has 5 aliphatic rings. The van der Waals surface area contributed by atoms with Gasteiger partial charge in [0.1, 0.15) is 12.4 Å². The van der Waals surface area contributed by atoms with E-state index in [4.69, 9.17) is 33.2 Å². The van der Waals surface area contributed by atoms with Crippen LogP contribution >= 0.6 is 0 Å². The van der Waals surface area contributed by atoms with Crippen LogP contribution in [0.25, 0.3) is 0 Å². The second-order valence-corrected chi connectivity index (χ2v) is 19.5. The quantitative estimate of drug-likeness (QED) is 0.102. The number of aliphatic hydroxyl groups is 2. The second-order valence-electron chi connectivity index (χ2n) is 19.5. The van der Waals surface area contributed by atoms with Crippen molar-refractivity contribution in [2.24, 2.45) is 35.5 Å². The van der Waals surface area contributed by atoms with E-state index in [-0.39, 0.29) is 67.1 Å². The molecular weight excluding hydrogens is 819 g/mol. The first-order valence-corrected chi connectivity index (χ1v) is 24.3. The Morgan fingerprint density at radius 3 is 2.31 bits per heavy atom. The molecule has 2 spiro atoms. The van der Waals surface area contributed by atoms with Gasteiger partial charge in [0.25, 0.3) is 0 Å². The van der Waals surface area contributed by atoms with Crippen LogP contribution in [0.1, 0.15) is 132 Å². The van der Waals surface area contributed by atoms with E-state index in [0.717, 1.165) is 24.8 Å². The van der Waals surface area contributed by atoms with Gasteiger partial charge in [0, 0.05) is 36.6 Å². The molecule has 13 nitrogen and oxygen atoms in total. The third kappa shape index (κ3) is 10.8. The number of alkyl carbamates (subject to hydrolysis) is 1. The van der Waals surface area contributed by atoms with Crippen molar-refractivity contribution in [1.82, 2.24) is 5.32 Å². The summed E-state index contributed by atoms with van der Waals surface area (Å²) in [6, 6.07) is 9.59. The van der Waals surface area contributed by atoms with E-state index in [1.807, 2.05) is 77.1 Å². The third-order valence-electron chi connectivity index (χ3n) is 15.4. The van der Waals surface area contributed by atoms with Gasteiger partial charge in [-0.15, -0.1) is 0 Å². The van der Waals surface area contributed by atoms with Gasteiger partial charge >= 0.3 is 12.1 Å². The highest BCUT2D eigenvalue weighted by molar-refractivity contribution is 5.84.